The van der Waals surface area contributed by atoms with E-state index < -0.39 is 0 Å². The van der Waals surface area contributed by atoms with Gasteiger partial charge in [0.15, 0.2) is 5.96 Å². The van der Waals surface area contributed by atoms with E-state index in [4.69, 9.17) is 21.1 Å². The van der Waals surface area contributed by atoms with Crippen LogP contribution in [-0.4, -0.2) is 57.5 Å². The number of unbranched alkanes of at least 4 members (excludes halogenated alkanes) is 1. The normalized spacial score (nSPS) is 11.5. The monoisotopic (exact) mass is 356 g/mol. The molecule has 2 N–H and O–H groups in total. The lowest BCUT2D eigenvalue weighted by molar-refractivity contribution is 0.0487. The summed E-state index contributed by atoms with van der Waals surface area (Å²) in [7, 11) is 1.75. The van der Waals surface area contributed by atoms with Gasteiger partial charge in [0.05, 0.1) is 19.8 Å². The topological polar surface area (TPSA) is 67.8 Å². The molecule has 0 bridgehead atoms. The quantitative estimate of drug-likeness (QED) is 0.260. The molecule has 0 aliphatic heterocycles. The van der Waals surface area contributed by atoms with Gasteiger partial charge in [-0.1, -0.05) is 31.0 Å². The molecule has 1 aromatic rings. The van der Waals surface area contributed by atoms with Gasteiger partial charge in [0, 0.05) is 32.9 Å². The number of guanidine groups is 1. The molecule has 0 saturated carbocycles. The van der Waals surface area contributed by atoms with E-state index in [1.54, 1.807) is 19.3 Å². The Labute approximate surface area is 150 Å². The molecule has 0 aliphatic rings. The Kier molecular flexibility index (Phi) is 12.1. The molecule has 1 heterocycles. The van der Waals surface area contributed by atoms with Gasteiger partial charge in [-0.05, 0) is 24.5 Å². The molecule has 0 aromatic carbocycles. The fourth-order valence-corrected chi connectivity index (χ4v) is 2.02. The number of hydrogen-bond donors (Lipinski definition) is 2. The van der Waals surface area contributed by atoms with E-state index in [-0.39, 0.29) is 0 Å². The first kappa shape index (κ1) is 20.7. The van der Waals surface area contributed by atoms with Crippen LogP contribution in [0.25, 0.3) is 0 Å². The second-order valence-electron chi connectivity index (χ2n) is 5.24. The van der Waals surface area contributed by atoms with Crippen LogP contribution in [0.4, 0.5) is 0 Å². The van der Waals surface area contributed by atoms with Crippen LogP contribution >= 0.6 is 11.6 Å². The lowest BCUT2D eigenvalue weighted by Gasteiger charge is -2.12. The fourth-order valence-electron chi connectivity index (χ4n) is 1.91. The van der Waals surface area contributed by atoms with Crippen molar-refractivity contribution in [2.75, 3.05) is 46.6 Å². The first-order chi connectivity index (χ1) is 11.8. The summed E-state index contributed by atoms with van der Waals surface area (Å²) >= 11 is 5.77. The summed E-state index contributed by atoms with van der Waals surface area (Å²) in [6, 6.07) is 3.77. The Morgan fingerprint density at radius 3 is 2.54 bits per heavy atom. The Morgan fingerprint density at radius 2 is 1.88 bits per heavy atom. The second-order valence-corrected chi connectivity index (χ2v) is 5.63. The lowest BCUT2D eigenvalue weighted by atomic mass is 10.2. The van der Waals surface area contributed by atoms with Crippen LogP contribution in [0.3, 0.4) is 0 Å². The number of ether oxygens (including phenoxy) is 2. The van der Waals surface area contributed by atoms with Gasteiger partial charge in [0.25, 0.3) is 0 Å². The van der Waals surface area contributed by atoms with E-state index in [2.05, 4.69) is 27.5 Å². The number of aliphatic imine (C=N–C) groups is 1. The summed E-state index contributed by atoms with van der Waals surface area (Å²) in [5, 5.41) is 6.98. The average Bonchev–Trinajstić information content (AvgIpc) is 2.60. The van der Waals surface area contributed by atoms with Gasteiger partial charge in [0.1, 0.15) is 5.15 Å². The summed E-state index contributed by atoms with van der Waals surface area (Å²) in [6.07, 6.45) is 4.91. The largest absolute Gasteiger partial charge is 0.379 e. The molecule has 0 aliphatic carbocycles. The van der Waals surface area contributed by atoms with E-state index in [9.17, 15) is 0 Å². The standard InChI is InChI=1S/C17H29ClN4O2/c1-3-4-10-23-12-13-24-11-9-21-17(19-2)20-8-7-15-5-6-16(18)22-14-15/h5-6,14H,3-4,7-13H2,1-2H3,(H2,19,20,21). The summed E-state index contributed by atoms with van der Waals surface area (Å²) in [6.45, 7) is 6.35. The van der Waals surface area contributed by atoms with Gasteiger partial charge in [-0.15, -0.1) is 0 Å². The van der Waals surface area contributed by atoms with Crippen molar-refractivity contribution < 1.29 is 9.47 Å². The maximum absolute atomic E-state index is 5.77. The molecule has 0 spiro atoms. The van der Waals surface area contributed by atoms with E-state index >= 15 is 0 Å². The zero-order valence-electron chi connectivity index (χ0n) is 14.7. The molecule has 1 rings (SSSR count). The van der Waals surface area contributed by atoms with Crippen molar-refractivity contribution in [3.8, 4) is 0 Å². The molecular weight excluding hydrogens is 328 g/mol. The Bertz CT molecular complexity index is 454. The minimum atomic E-state index is 0.514. The summed E-state index contributed by atoms with van der Waals surface area (Å²) in [4.78, 5) is 8.24. The lowest BCUT2D eigenvalue weighted by Crippen LogP contribution is -2.39. The first-order valence-corrected chi connectivity index (χ1v) is 8.84. The molecule has 0 saturated heterocycles. The highest BCUT2D eigenvalue weighted by molar-refractivity contribution is 6.29. The number of pyridine rings is 1. The third kappa shape index (κ3) is 10.4. The van der Waals surface area contributed by atoms with E-state index in [0.29, 0.717) is 31.5 Å². The van der Waals surface area contributed by atoms with Crippen LogP contribution < -0.4 is 10.6 Å². The zero-order chi connectivity index (χ0) is 17.5. The van der Waals surface area contributed by atoms with Gasteiger partial charge in [-0.2, -0.15) is 0 Å². The van der Waals surface area contributed by atoms with Crippen molar-refractivity contribution in [3.63, 3.8) is 0 Å². The van der Waals surface area contributed by atoms with Gasteiger partial charge in [-0.3, -0.25) is 4.99 Å². The van der Waals surface area contributed by atoms with Gasteiger partial charge in [0.2, 0.25) is 0 Å². The Balaban J connectivity index is 2.01. The van der Waals surface area contributed by atoms with Crippen LogP contribution in [0.2, 0.25) is 5.15 Å². The number of nitrogens with one attached hydrogen (secondary N) is 2. The van der Waals surface area contributed by atoms with E-state index in [0.717, 1.165) is 43.9 Å². The van der Waals surface area contributed by atoms with Crippen LogP contribution in [-0.2, 0) is 15.9 Å². The molecule has 7 heteroatoms. The molecule has 0 unspecified atom stereocenters. The van der Waals surface area contributed by atoms with Crippen molar-refractivity contribution in [1.82, 2.24) is 15.6 Å². The SMILES string of the molecule is CCCCOCCOCCNC(=NC)NCCc1ccc(Cl)nc1. The van der Waals surface area contributed by atoms with Crippen molar-refractivity contribution in [2.45, 2.75) is 26.2 Å². The third-order valence-corrected chi connectivity index (χ3v) is 3.50. The van der Waals surface area contributed by atoms with Crippen LogP contribution in [0.1, 0.15) is 25.3 Å². The molecule has 0 fully saturated rings. The van der Waals surface area contributed by atoms with Crippen molar-refractivity contribution >= 4 is 17.6 Å². The summed E-state index contributed by atoms with van der Waals surface area (Å²) in [5.41, 5.74) is 1.13. The smallest absolute Gasteiger partial charge is 0.191 e. The van der Waals surface area contributed by atoms with Crippen molar-refractivity contribution in [3.05, 3.63) is 29.0 Å². The fraction of sp³-hybridized carbons (Fsp3) is 0.647. The maximum atomic E-state index is 5.77. The highest BCUT2D eigenvalue weighted by atomic mass is 35.5. The minimum absolute atomic E-state index is 0.514. The number of hydrogen-bond acceptors (Lipinski definition) is 4. The molecule has 6 nitrogen and oxygen atoms in total. The molecule has 0 atom stereocenters. The zero-order valence-corrected chi connectivity index (χ0v) is 15.4. The van der Waals surface area contributed by atoms with E-state index in [1.165, 1.54) is 0 Å². The van der Waals surface area contributed by atoms with Crippen LogP contribution in [0.5, 0.6) is 0 Å². The van der Waals surface area contributed by atoms with Crippen molar-refractivity contribution in [1.29, 1.82) is 0 Å². The number of aromatic nitrogens is 1. The van der Waals surface area contributed by atoms with Crippen molar-refractivity contribution in [2.24, 2.45) is 4.99 Å². The van der Waals surface area contributed by atoms with Gasteiger partial charge < -0.3 is 20.1 Å². The third-order valence-electron chi connectivity index (χ3n) is 3.27. The molecule has 1 aromatic heterocycles. The Hall–Kier alpha value is -1.37. The average molecular weight is 357 g/mol. The highest BCUT2D eigenvalue weighted by Gasteiger charge is 1.98. The highest BCUT2D eigenvalue weighted by Crippen LogP contribution is 2.05. The first-order valence-electron chi connectivity index (χ1n) is 8.46. The molecule has 0 radical (unpaired) electrons. The predicted molar refractivity (Wildman–Crippen MR) is 98.9 cm³/mol. The number of rotatable bonds is 12. The minimum Gasteiger partial charge on any atom is -0.379 e. The summed E-state index contributed by atoms with van der Waals surface area (Å²) < 4.78 is 10.9. The summed E-state index contributed by atoms with van der Waals surface area (Å²) in [5.74, 6) is 0.764. The Morgan fingerprint density at radius 1 is 1.12 bits per heavy atom. The maximum Gasteiger partial charge on any atom is 0.191 e. The number of nitrogens with zero attached hydrogens (tertiary/aromatic N) is 2. The van der Waals surface area contributed by atoms with Crippen LogP contribution in [0, 0.1) is 0 Å². The molecular formula is C17H29ClN4O2. The van der Waals surface area contributed by atoms with Gasteiger partial charge in [-0.25, -0.2) is 4.98 Å². The second kappa shape index (κ2) is 14.0. The van der Waals surface area contributed by atoms with Gasteiger partial charge >= 0.3 is 0 Å². The van der Waals surface area contributed by atoms with E-state index in [1.807, 2.05) is 6.07 Å². The molecule has 24 heavy (non-hydrogen) atoms. The molecule has 0 amide bonds. The molecule has 136 valence electrons. The predicted octanol–water partition coefficient (Wildman–Crippen LogP) is 2.28. The van der Waals surface area contributed by atoms with Crippen LogP contribution in [0.15, 0.2) is 23.3 Å². The number of halogens is 1.